The van der Waals surface area contributed by atoms with Crippen molar-refractivity contribution in [1.29, 1.82) is 0 Å². The van der Waals surface area contributed by atoms with E-state index in [-0.39, 0.29) is 40.6 Å². The molecule has 52 heavy (non-hydrogen) atoms. The molecule has 5 aliphatic rings. The molecule has 5 rings (SSSR count). The Morgan fingerprint density at radius 2 is 1.44 bits per heavy atom. The second kappa shape index (κ2) is 15.2. The van der Waals surface area contributed by atoms with Gasteiger partial charge >= 0.3 is 6.03 Å². The van der Waals surface area contributed by atoms with Gasteiger partial charge in [0.1, 0.15) is 12.1 Å². The van der Waals surface area contributed by atoms with E-state index in [0.717, 1.165) is 64.2 Å². The summed E-state index contributed by atoms with van der Waals surface area (Å²) in [4.78, 5) is 70.0. The van der Waals surface area contributed by atoms with E-state index < -0.39 is 68.0 Å². The molecule has 5 amide bonds. The maximum absolute atomic E-state index is 15.1. The van der Waals surface area contributed by atoms with E-state index >= 15 is 4.79 Å². The van der Waals surface area contributed by atoms with Gasteiger partial charge in [-0.05, 0) is 78.9 Å². The third-order valence-corrected chi connectivity index (χ3v) is 15.3. The summed E-state index contributed by atoms with van der Waals surface area (Å²) in [5.74, 6) is -2.72. The van der Waals surface area contributed by atoms with E-state index in [0.29, 0.717) is 38.6 Å². The summed E-state index contributed by atoms with van der Waals surface area (Å²) in [6.07, 6.45) is 11.7. The lowest BCUT2D eigenvalue weighted by molar-refractivity contribution is -0.145. The predicted octanol–water partition coefficient (Wildman–Crippen LogP) is 4.39. The second-order valence-corrected chi connectivity index (χ2v) is 21.4. The zero-order valence-electron chi connectivity index (χ0n) is 32.5. The number of ketones is 1. The van der Waals surface area contributed by atoms with Crippen molar-refractivity contribution in [3.05, 3.63) is 0 Å². The van der Waals surface area contributed by atoms with Crippen molar-refractivity contribution in [3.63, 3.8) is 0 Å². The van der Waals surface area contributed by atoms with Crippen LogP contribution in [0.15, 0.2) is 0 Å². The number of carbonyl (C=O) groups is 5. The Morgan fingerprint density at radius 3 is 2.00 bits per heavy atom. The van der Waals surface area contributed by atoms with Crippen molar-refractivity contribution in [3.8, 4) is 0 Å². The molecule has 13 heteroatoms. The third kappa shape index (κ3) is 9.50. The van der Waals surface area contributed by atoms with Crippen LogP contribution in [0.25, 0.3) is 0 Å². The minimum Gasteiger partial charge on any atom is -0.363 e. The maximum Gasteiger partial charge on any atom is 0.315 e. The van der Waals surface area contributed by atoms with Gasteiger partial charge in [0.05, 0.1) is 23.1 Å². The fourth-order valence-corrected chi connectivity index (χ4v) is 12.8. The van der Waals surface area contributed by atoms with E-state index in [9.17, 15) is 27.6 Å². The number of primary amides is 1. The van der Waals surface area contributed by atoms with Gasteiger partial charge in [0, 0.05) is 6.54 Å². The number of Topliss-reactive ketones (excluding diaryl/α,β-unsaturated/α-hetero) is 1. The fraction of sp³-hybridized carbons (Fsp3) is 0.872. The average molecular weight is 748 g/mol. The number of amides is 5. The van der Waals surface area contributed by atoms with Crippen molar-refractivity contribution < 1.29 is 32.4 Å². The van der Waals surface area contributed by atoms with E-state index in [1.165, 1.54) is 0 Å². The number of nitrogens with zero attached hydrogens (tertiary/aromatic N) is 1. The van der Waals surface area contributed by atoms with Gasteiger partial charge in [-0.3, -0.25) is 19.2 Å². The summed E-state index contributed by atoms with van der Waals surface area (Å²) in [6.45, 7) is 12.4. The molecule has 0 aromatic carbocycles. The van der Waals surface area contributed by atoms with Gasteiger partial charge in [-0.1, -0.05) is 92.9 Å². The van der Waals surface area contributed by atoms with E-state index in [1.54, 1.807) is 4.90 Å². The van der Waals surface area contributed by atoms with Gasteiger partial charge in [0.25, 0.3) is 5.91 Å². The summed E-state index contributed by atoms with van der Waals surface area (Å²) in [6, 6.07) is -3.42. The Morgan fingerprint density at radius 1 is 0.846 bits per heavy atom. The number of urea groups is 1. The van der Waals surface area contributed by atoms with Gasteiger partial charge in [-0.2, -0.15) is 0 Å². The number of rotatable bonds is 13. The number of likely N-dealkylation sites (tertiary alicyclic amines) is 1. The molecule has 5 atom stereocenters. The number of hydrogen-bond donors (Lipinski definition) is 4. The number of carbonyl (C=O) groups excluding carboxylic acids is 5. The van der Waals surface area contributed by atoms with Crippen molar-refractivity contribution in [1.82, 2.24) is 20.9 Å². The fourth-order valence-electron chi connectivity index (χ4n) is 10.2. The number of sulfone groups is 1. The van der Waals surface area contributed by atoms with Crippen LogP contribution in [0.1, 0.15) is 138 Å². The Kier molecular flexibility index (Phi) is 11.8. The quantitative estimate of drug-likeness (QED) is 0.201. The first-order chi connectivity index (χ1) is 24.1. The Hall–Kier alpha value is -2.70. The Bertz CT molecular complexity index is 1490. The summed E-state index contributed by atoms with van der Waals surface area (Å²) >= 11 is 0. The highest BCUT2D eigenvalue weighted by molar-refractivity contribution is 7.91. The average Bonchev–Trinajstić information content (AvgIpc) is 3.68. The van der Waals surface area contributed by atoms with Crippen molar-refractivity contribution in [2.75, 3.05) is 18.1 Å². The molecule has 1 aliphatic heterocycles. The molecule has 294 valence electrons. The predicted molar refractivity (Wildman–Crippen MR) is 200 cm³/mol. The molecule has 1 unspecified atom stereocenters. The zero-order chi connectivity index (χ0) is 38.3. The molecule has 4 aliphatic carbocycles. The van der Waals surface area contributed by atoms with Crippen LogP contribution in [0.4, 0.5) is 4.79 Å². The molecule has 0 bridgehead atoms. The highest BCUT2D eigenvalue weighted by Gasteiger charge is 2.58. The van der Waals surface area contributed by atoms with Crippen LogP contribution in [0, 0.1) is 34.0 Å². The number of fused-ring (bicyclic) bond motifs is 1. The molecular formula is C39H65N5O7S. The summed E-state index contributed by atoms with van der Waals surface area (Å²) in [5.41, 5.74) is 3.31. The SMILES string of the molecule is CC(C)(C)CS(=O)(=O)CC1(NC(=O)N[C@H](C(=O)N2C[C@H]3[C@H](CCC3(C)C)[C@H]2C(=O)NC(CC2CC2)C(=O)C(N)=O)C2(C)CCCCC2)CCCCC1. The molecule has 0 radical (unpaired) electrons. The van der Waals surface area contributed by atoms with Gasteiger partial charge in [0.15, 0.2) is 9.84 Å². The highest BCUT2D eigenvalue weighted by atomic mass is 32.2. The largest absolute Gasteiger partial charge is 0.363 e. The molecule has 1 heterocycles. The van der Waals surface area contributed by atoms with E-state index in [2.05, 4.69) is 29.8 Å². The molecule has 5 N–H and O–H groups in total. The minimum atomic E-state index is -3.51. The van der Waals surface area contributed by atoms with Gasteiger partial charge < -0.3 is 26.6 Å². The van der Waals surface area contributed by atoms with Crippen LogP contribution in [0.3, 0.4) is 0 Å². The topological polar surface area (TPSA) is 185 Å². The molecular weight excluding hydrogens is 683 g/mol. The van der Waals surface area contributed by atoms with E-state index in [4.69, 9.17) is 5.73 Å². The molecule has 0 spiro atoms. The molecule has 0 aromatic rings. The number of hydrogen-bond acceptors (Lipinski definition) is 7. The Balaban J connectivity index is 1.43. The van der Waals surface area contributed by atoms with Gasteiger partial charge in [0.2, 0.25) is 17.6 Å². The summed E-state index contributed by atoms with van der Waals surface area (Å²) in [7, 11) is -3.51. The van der Waals surface area contributed by atoms with Crippen LogP contribution in [-0.2, 0) is 29.0 Å². The first kappa shape index (κ1) is 40.5. The minimum absolute atomic E-state index is 0.00781. The van der Waals surface area contributed by atoms with E-state index in [1.807, 2.05) is 27.7 Å². The standard InChI is InChI=1S/C39H65N5O7S/c1-36(2,3)23-52(50,51)24-39(18-11-8-12-19-39)43-35(49)42-31(38(6)16-9-7-10-17-38)34(48)44-22-27-26(15-20-37(27,4)5)29(44)33(47)41-28(21-25-13-14-25)30(45)32(40)46/h25-29,31H,7-24H2,1-6H3,(H2,40,46)(H,41,47)(H2,42,43,49)/t26-,27-,28?,29-,31+/m0/s1. The van der Waals surface area contributed by atoms with Gasteiger partial charge in [-0.15, -0.1) is 0 Å². The van der Waals surface area contributed by atoms with Crippen molar-refractivity contribution >= 4 is 39.4 Å². The van der Waals surface area contributed by atoms with Crippen LogP contribution in [0.5, 0.6) is 0 Å². The zero-order valence-corrected chi connectivity index (χ0v) is 33.3. The summed E-state index contributed by atoms with van der Waals surface area (Å²) in [5, 5.41) is 9.05. The first-order valence-electron chi connectivity index (χ1n) is 19.9. The lowest BCUT2D eigenvalue weighted by Gasteiger charge is -2.44. The normalized spacial score (nSPS) is 27.9. The highest BCUT2D eigenvalue weighted by Crippen LogP contribution is 2.53. The number of nitrogens with two attached hydrogens (primary N) is 1. The monoisotopic (exact) mass is 747 g/mol. The second-order valence-electron chi connectivity index (χ2n) is 19.4. The molecule has 5 fully saturated rings. The summed E-state index contributed by atoms with van der Waals surface area (Å²) < 4.78 is 26.9. The molecule has 1 saturated heterocycles. The first-order valence-corrected chi connectivity index (χ1v) is 21.7. The van der Waals surface area contributed by atoms with Crippen LogP contribution >= 0.6 is 0 Å². The van der Waals surface area contributed by atoms with Crippen molar-refractivity contribution in [2.24, 2.45) is 39.7 Å². The molecule has 4 saturated carbocycles. The lowest BCUT2D eigenvalue weighted by Crippen LogP contribution is -2.64. The van der Waals surface area contributed by atoms with Crippen LogP contribution in [0.2, 0.25) is 0 Å². The smallest absolute Gasteiger partial charge is 0.315 e. The number of nitrogens with one attached hydrogen (secondary N) is 3. The molecule has 12 nitrogen and oxygen atoms in total. The van der Waals surface area contributed by atoms with Gasteiger partial charge in [-0.25, -0.2) is 13.2 Å². The third-order valence-electron chi connectivity index (χ3n) is 13.0. The Labute approximate surface area is 311 Å². The van der Waals surface area contributed by atoms with Crippen LogP contribution < -0.4 is 21.7 Å². The maximum atomic E-state index is 15.1. The van der Waals surface area contributed by atoms with Crippen molar-refractivity contribution in [2.45, 2.75) is 162 Å². The lowest BCUT2D eigenvalue weighted by atomic mass is 9.70. The van der Waals surface area contributed by atoms with Crippen LogP contribution in [-0.4, -0.2) is 84.6 Å². The molecule has 0 aromatic heterocycles.